The van der Waals surface area contributed by atoms with Gasteiger partial charge in [0.15, 0.2) is 0 Å². The van der Waals surface area contributed by atoms with Crippen LogP contribution >= 0.6 is 0 Å². The summed E-state index contributed by atoms with van der Waals surface area (Å²) >= 11 is 0. The Labute approximate surface area is 172 Å². The second kappa shape index (κ2) is 9.59. The standard InChI is InChI=1S/C24H30N2O3/c1-16(2)25-24(28)23(19-7-5-4-6-8-19)26-22(27)15-21(17-9-10-17)18-11-13-20(29-3)14-12-18/h4-8,11-14,16-17,21,23H,9-10,15H2,1-3H3,(H,25,28)(H,26,27)/t21?,23-/m0/s1. The number of carbonyl (C=O) groups excluding carboxylic acids is 2. The first-order chi connectivity index (χ1) is 14.0. The molecule has 2 N–H and O–H groups in total. The van der Waals surface area contributed by atoms with Crippen LogP contribution in [-0.4, -0.2) is 25.0 Å². The van der Waals surface area contributed by atoms with E-state index in [9.17, 15) is 9.59 Å². The van der Waals surface area contributed by atoms with Gasteiger partial charge in [0, 0.05) is 12.5 Å². The number of nitrogens with one attached hydrogen (secondary N) is 2. The molecule has 3 rings (SSSR count). The van der Waals surface area contributed by atoms with E-state index in [1.54, 1.807) is 7.11 Å². The van der Waals surface area contributed by atoms with E-state index >= 15 is 0 Å². The molecule has 2 amide bonds. The number of ether oxygens (including phenoxy) is 1. The van der Waals surface area contributed by atoms with Gasteiger partial charge in [0.2, 0.25) is 11.8 Å². The summed E-state index contributed by atoms with van der Waals surface area (Å²) in [5.41, 5.74) is 1.93. The molecule has 2 atom stereocenters. The molecule has 154 valence electrons. The van der Waals surface area contributed by atoms with Gasteiger partial charge in [-0.2, -0.15) is 0 Å². The molecule has 1 saturated carbocycles. The molecule has 5 heteroatoms. The Kier molecular flexibility index (Phi) is 6.91. The Morgan fingerprint density at radius 1 is 0.966 bits per heavy atom. The van der Waals surface area contributed by atoms with Crippen molar-refractivity contribution in [1.29, 1.82) is 0 Å². The van der Waals surface area contributed by atoms with Crippen molar-refractivity contribution in [3.63, 3.8) is 0 Å². The Balaban J connectivity index is 1.73. The van der Waals surface area contributed by atoms with Gasteiger partial charge in [-0.05, 0) is 61.8 Å². The van der Waals surface area contributed by atoms with Crippen molar-refractivity contribution in [1.82, 2.24) is 10.6 Å². The first-order valence-electron chi connectivity index (χ1n) is 10.3. The highest BCUT2D eigenvalue weighted by Gasteiger charge is 2.34. The summed E-state index contributed by atoms with van der Waals surface area (Å²) < 4.78 is 5.24. The predicted molar refractivity (Wildman–Crippen MR) is 114 cm³/mol. The van der Waals surface area contributed by atoms with Crippen LogP contribution in [0.1, 0.15) is 56.2 Å². The van der Waals surface area contributed by atoms with Crippen LogP contribution in [0.25, 0.3) is 0 Å². The maximum atomic E-state index is 12.9. The van der Waals surface area contributed by atoms with Gasteiger partial charge in [0.25, 0.3) is 0 Å². The maximum Gasteiger partial charge on any atom is 0.247 e. The first-order valence-corrected chi connectivity index (χ1v) is 10.3. The zero-order valence-corrected chi connectivity index (χ0v) is 17.4. The molecule has 1 aliphatic carbocycles. The molecule has 0 aliphatic heterocycles. The summed E-state index contributed by atoms with van der Waals surface area (Å²) in [6.45, 7) is 3.82. The molecule has 2 aromatic rings. The van der Waals surface area contributed by atoms with Crippen LogP contribution in [0.4, 0.5) is 0 Å². The summed E-state index contributed by atoms with van der Waals surface area (Å²) in [6, 6.07) is 16.6. The lowest BCUT2D eigenvalue weighted by Crippen LogP contribution is -2.43. The van der Waals surface area contributed by atoms with Gasteiger partial charge in [0.1, 0.15) is 11.8 Å². The van der Waals surface area contributed by atoms with E-state index in [2.05, 4.69) is 10.6 Å². The molecular weight excluding hydrogens is 364 g/mol. The second-order valence-corrected chi connectivity index (χ2v) is 8.00. The third kappa shape index (κ3) is 5.83. The van der Waals surface area contributed by atoms with Gasteiger partial charge in [-0.3, -0.25) is 9.59 Å². The molecule has 0 radical (unpaired) electrons. The summed E-state index contributed by atoms with van der Waals surface area (Å²) in [6.07, 6.45) is 2.65. The van der Waals surface area contributed by atoms with Crippen LogP contribution in [-0.2, 0) is 9.59 Å². The molecule has 0 spiro atoms. The predicted octanol–water partition coefficient (Wildman–Crippen LogP) is 3.96. The van der Waals surface area contributed by atoms with Crippen molar-refractivity contribution in [2.24, 2.45) is 5.92 Å². The minimum atomic E-state index is -0.693. The lowest BCUT2D eigenvalue weighted by Gasteiger charge is -2.22. The summed E-state index contributed by atoms with van der Waals surface area (Å²) in [7, 11) is 1.65. The molecule has 1 aliphatic rings. The van der Waals surface area contributed by atoms with Crippen molar-refractivity contribution in [2.75, 3.05) is 7.11 Å². The Hall–Kier alpha value is -2.82. The lowest BCUT2D eigenvalue weighted by molar-refractivity contribution is -0.129. The zero-order valence-electron chi connectivity index (χ0n) is 17.4. The van der Waals surface area contributed by atoms with Crippen LogP contribution in [0.5, 0.6) is 5.75 Å². The zero-order chi connectivity index (χ0) is 20.8. The van der Waals surface area contributed by atoms with Crippen LogP contribution in [0.3, 0.4) is 0 Å². The fourth-order valence-electron chi connectivity index (χ4n) is 3.64. The highest BCUT2D eigenvalue weighted by Crippen LogP contribution is 2.44. The van der Waals surface area contributed by atoms with E-state index in [4.69, 9.17) is 4.74 Å². The highest BCUT2D eigenvalue weighted by molar-refractivity contribution is 5.89. The average molecular weight is 395 g/mol. The van der Waals surface area contributed by atoms with E-state index in [0.717, 1.165) is 29.7 Å². The van der Waals surface area contributed by atoms with E-state index in [1.807, 2.05) is 68.4 Å². The quantitative estimate of drug-likeness (QED) is 0.676. The number of hydrogen-bond acceptors (Lipinski definition) is 3. The topological polar surface area (TPSA) is 67.4 Å². The maximum absolute atomic E-state index is 12.9. The van der Waals surface area contributed by atoms with E-state index in [1.165, 1.54) is 0 Å². The molecule has 0 saturated heterocycles. The molecule has 1 unspecified atom stereocenters. The van der Waals surface area contributed by atoms with Gasteiger partial charge >= 0.3 is 0 Å². The molecule has 5 nitrogen and oxygen atoms in total. The molecule has 2 aromatic carbocycles. The third-order valence-corrected chi connectivity index (χ3v) is 5.27. The second-order valence-electron chi connectivity index (χ2n) is 8.00. The summed E-state index contributed by atoms with van der Waals surface area (Å²) in [5.74, 6) is 1.19. The molecule has 0 heterocycles. The molecule has 0 aromatic heterocycles. The Bertz CT molecular complexity index is 814. The van der Waals surface area contributed by atoms with Crippen LogP contribution in [0.2, 0.25) is 0 Å². The fourth-order valence-corrected chi connectivity index (χ4v) is 3.64. The van der Waals surface area contributed by atoms with Crippen LogP contribution in [0.15, 0.2) is 54.6 Å². The van der Waals surface area contributed by atoms with E-state index in [0.29, 0.717) is 12.3 Å². The van der Waals surface area contributed by atoms with Crippen molar-refractivity contribution in [3.8, 4) is 5.75 Å². The lowest BCUT2D eigenvalue weighted by atomic mass is 9.90. The number of amides is 2. The number of rotatable bonds is 9. The highest BCUT2D eigenvalue weighted by atomic mass is 16.5. The number of carbonyl (C=O) groups is 2. The number of hydrogen-bond donors (Lipinski definition) is 2. The smallest absolute Gasteiger partial charge is 0.247 e. The Morgan fingerprint density at radius 3 is 2.17 bits per heavy atom. The molecule has 0 bridgehead atoms. The van der Waals surface area contributed by atoms with Gasteiger partial charge in [-0.25, -0.2) is 0 Å². The van der Waals surface area contributed by atoms with Crippen molar-refractivity contribution < 1.29 is 14.3 Å². The largest absolute Gasteiger partial charge is 0.497 e. The normalized spacial score (nSPS) is 15.4. The minimum absolute atomic E-state index is 0.00382. The molecule has 1 fully saturated rings. The van der Waals surface area contributed by atoms with E-state index in [-0.39, 0.29) is 23.8 Å². The SMILES string of the molecule is COc1ccc(C(CC(=O)N[C@H](C(=O)NC(C)C)c2ccccc2)C2CC2)cc1. The van der Waals surface area contributed by atoms with Crippen molar-refractivity contribution in [2.45, 2.75) is 51.1 Å². The summed E-state index contributed by atoms with van der Waals surface area (Å²) in [5, 5.41) is 5.88. The number of benzene rings is 2. The Morgan fingerprint density at radius 2 is 1.62 bits per heavy atom. The van der Waals surface area contributed by atoms with Crippen LogP contribution in [0, 0.1) is 5.92 Å². The first kappa shape index (κ1) is 20.9. The minimum Gasteiger partial charge on any atom is -0.497 e. The van der Waals surface area contributed by atoms with Crippen molar-refractivity contribution >= 4 is 11.8 Å². The number of methoxy groups -OCH3 is 1. The van der Waals surface area contributed by atoms with Gasteiger partial charge in [-0.15, -0.1) is 0 Å². The monoisotopic (exact) mass is 394 g/mol. The third-order valence-electron chi connectivity index (χ3n) is 5.27. The van der Waals surface area contributed by atoms with E-state index < -0.39 is 6.04 Å². The fraction of sp³-hybridized carbons (Fsp3) is 0.417. The molecular formula is C24H30N2O3. The van der Waals surface area contributed by atoms with Gasteiger partial charge in [-0.1, -0.05) is 42.5 Å². The van der Waals surface area contributed by atoms with Gasteiger partial charge in [0.05, 0.1) is 7.11 Å². The van der Waals surface area contributed by atoms with Gasteiger partial charge < -0.3 is 15.4 Å². The average Bonchev–Trinajstić information content (AvgIpc) is 3.55. The van der Waals surface area contributed by atoms with Crippen LogP contribution < -0.4 is 15.4 Å². The molecule has 29 heavy (non-hydrogen) atoms. The van der Waals surface area contributed by atoms with Crippen molar-refractivity contribution in [3.05, 3.63) is 65.7 Å². The summed E-state index contributed by atoms with van der Waals surface area (Å²) in [4.78, 5) is 25.7.